The molecule has 6 nitrogen and oxygen atoms in total. The van der Waals surface area contributed by atoms with Crippen molar-refractivity contribution in [3.63, 3.8) is 0 Å². The fourth-order valence-corrected chi connectivity index (χ4v) is 8.88. The van der Waals surface area contributed by atoms with Crippen molar-refractivity contribution < 1.29 is 28.3 Å². The molecule has 0 amide bonds. The largest absolute Gasteiger partial charge is 0.510 e. The molecule has 2 aromatic rings. The van der Waals surface area contributed by atoms with Crippen LogP contribution in [0.1, 0.15) is 140 Å². The van der Waals surface area contributed by atoms with Gasteiger partial charge in [-0.15, -0.1) is 0 Å². The first kappa shape index (κ1) is 35.4. The standard InChI is InChI=1S/C41H60NO5/c1-2-3-4-5-6-7-8-9-10-11-12-13-22-31-45-40(44)47-41(34-23-16-14-17-24-34,35-25-18-15-19-26-35)39(43)46-38-32-36-27-28-37(33-38)42(36)29-20-21-30-42/h14-19,23-26,36-38H,2-13,20-22,27-33H2,1H3/q+1. The number of unbranched alkanes of at least 4 members (excludes halogenated alkanes) is 12. The zero-order valence-electron chi connectivity index (χ0n) is 29.1. The number of benzene rings is 2. The SMILES string of the molecule is CCCCCCCCCCCCCCCOC(=O)OC(C(=O)OC1CC2CCC(C1)[N+]21CCCC1)(c1ccccc1)c1ccccc1. The Labute approximate surface area is 284 Å². The van der Waals surface area contributed by atoms with E-state index in [2.05, 4.69) is 6.92 Å². The van der Waals surface area contributed by atoms with E-state index in [1.165, 1.54) is 107 Å². The Hall–Kier alpha value is -2.86. The number of nitrogens with zero attached hydrogens (tertiary/aromatic N) is 1. The molecule has 5 rings (SSSR count). The normalized spacial score (nSPS) is 21.5. The Balaban J connectivity index is 1.15. The highest BCUT2D eigenvalue weighted by molar-refractivity contribution is 5.88. The van der Waals surface area contributed by atoms with Crippen LogP contribution in [-0.2, 0) is 24.6 Å². The molecule has 3 heterocycles. The number of quaternary nitrogens is 1. The maximum atomic E-state index is 14.5. The van der Waals surface area contributed by atoms with Crippen LogP contribution in [0.3, 0.4) is 0 Å². The summed E-state index contributed by atoms with van der Waals surface area (Å²) in [5, 5.41) is 0. The van der Waals surface area contributed by atoms with Crippen LogP contribution in [-0.4, -0.2) is 54.5 Å². The molecule has 3 aliphatic rings. The van der Waals surface area contributed by atoms with E-state index in [0.717, 1.165) is 32.1 Å². The summed E-state index contributed by atoms with van der Waals surface area (Å²) in [5.41, 5.74) is -0.613. The molecule has 6 heteroatoms. The molecule has 0 aromatic heterocycles. The molecule has 3 fully saturated rings. The molecule has 2 atom stereocenters. The van der Waals surface area contributed by atoms with Crippen LogP contribution in [0.15, 0.2) is 60.7 Å². The third kappa shape index (κ3) is 8.99. The molecule has 0 aliphatic carbocycles. The maximum absolute atomic E-state index is 14.5. The topological polar surface area (TPSA) is 61.8 Å². The van der Waals surface area contributed by atoms with E-state index in [0.29, 0.717) is 23.2 Å². The summed E-state index contributed by atoms with van der Waals surface area (Å²) < 4.78 is 19.4. The molecular weight excluding hydrogens is 586 g/mol. The van der Waals surface area contributed by atoms with Crippen molar-refractivity contribution >= 4 is 12.1 Å². The van der Waals surface area contributed by atoms with E-state index in [-0.39, 0.29) is 12.7 Å². The van der Waals surface area contributed by atoms with Gasteiger partial charge in [-0.3, -0.25) is 0 Å². The van der Waals surface area contributed by atoms with Gasteiger partial charge in [-0.1, -0.05) is 145 Å². The van der Waals surface area contributed by atoms with Gasteiger partial charge in [-0.05, 0) is 6.42 Å². The molecule has 2 unspecified atom stereocenters. The van der Waals surface area contributed by atoms with Gasteiger partial charge >= 0.3 is 12.1 Å². The molecule has 2 bridgehead atoms. The lowest BCUT2D eigenvalue weighted by atomic mass is 9.85. The molecular formula is C41H60NO5+. The first-order chi connectivity index (χ1) is 23.1. The summed E-state index contributed by atoms with van der Waals surface area (Å²) in [6.45, 7) is 5.07. The van der Waals surface area contributed by atoms with Crippen molar-refractivity contribution in [1.82, 2.24) is 0 Å². The number of rotatable bonds is 19. The molecule has 3 aliphatic heterocycles. The van der Waals surface area contributed by atoms with Crippen LogP contribution in [0.25, 0.3) is 0 Å². The fourth-order valence-electron chi connectivity index (χ4n) is 8.88. The molecule has 0 saturated carbocycles. The molecule has 2 aromatic carbocycles. The zero-order chi connectivity index (χ0) is 32.8. The van der Waals surface area contributed by atoms with E-state index in [1.807, 2.05) is 60.7 Å². The fraction of sp³-hybridized carbons (Fsp3) is 0.659. The van der Waals surface area contributed by atoms with Gasteiger partial charge in [0.1, 0.15) is 6.10 Å². The second-order valence-corrected chi connectivity index (χ2v) is 14.5. The zero-order valence-corrected chi connectivity index (χ0v) is 29.1. The first-order valence-corrected chi connectivity index (χ1v) is 19.1. The minimum absolute atomic E-state index is 0.179. The second kappa shape index (κ2) is 18.1. The third-order valence-electron chi connectivity index (χ3n) is 11.4. The number of hydrogen-bond acceptors (Lipinski definition) is 5. The lowest BCUT2D eigenvalue weighted by molar-refractivity contribution is -0.956. The number of ether oxygens (including phenoxy) is 3. The molecule has 3 saturated heterocycles. The number of hydrogen-bond donors (Lipinski definition) is 0. The number of carbonyl (C=O) groups excluding carboxylic acids is 2. The molecule has 258 valence electrons. The highest BCUT2D eigenvalue weighted by Crippen LogP contribution is 2.47. The van der Waals surface area contributed by atoms with Gasteiger partial charge in [0.25, 0.3) is 5.60 Å². The second-order valence-electron chi connectivity index (χ2n) is 14.5. The highest BCUT2D eigenvalue weighted by Gasteiger charge is 2.57. The number of piperidine rings is 1. The Kier molecular flexibility index (Phi) is 13.6. The Morgan fingerprint density at radius 2 is 1.15 bits per heavy atom. The first-order valence-electron chi connectivity index (χ1n) is 19.1. The Bertz CT molecular complexity index is 1160. The monoisotopic (exact) mass is 646 g/mol. The van der Waals surface area contributed by atoms with Crippen LogP contribution in [0.2, 0.25) is 0 Å². The van der Waals surface area contributed by atoms with E-state index < -0.39 is 17.7 Å². The Morgan fingerprint density at radius 1 is 0.681 bits per heavy atom. The summed E-state index contributed by atoms with van der Waals surface area (Å²) >= 11 is 0. The van der Waals surface area contributed by atoms with E-state index >= 15 is 0 Å². The number of carbonyl (C=O) groups is 2. The summed E-state index contributed by atoms with van der Waals surface area (Å²) in [6, 6.07) is 19.7. The third-order valence-corrected chi connectivity index (χ3v) is 11.4. The maximum Gasteiger partial charge on any atom is 0.510 e. The van der Waals surface area contributed by atoms with Gasteiger partial charge in [0.05, 0.1) is 31.8 Å². The van der Waals surface area contributed by atoms with Gasteiger partial charge in [-0.25, -0.2) is 9.59 Å². The van der Waals surface area contributed by atoms with Crippen molar-refractivity contribution in [1.29, 1.82) is 0 Å². The van der Waals surface area contributed by atoms with Gasteiger partial charge < -0.3 is 18.7 Å². The average molecular weight is 647 g/mol. The quantitative estimate of drug-likeness (QED) is 0.0864. The summed E-state index contributed by atoms with van der Waals surface area (Å²) in [5.74, 6) is -0.535. The predicted octanol–water partition coefficient (Wildman–Crippen LogP) is 10.0. The Morgan fingerprint density at radius 3 is 1.64 bits per heavy atom. The van der Waals surface area contributed by atoms with E-state index in [4.69, 9.17) is 14.2 Å². The molecule has 0 radical (unpaired) electrons. The van der Waals surface area contributed by atoms with Gasteiger partial charge in [0.2, 0.25) is 0 Å². The predicted molar refractivity (Wildman–Crippen MR) is 187 cm³/mol. The summed E-state index contributed by atoms with van der Waals surface area (Å²) in [6.07, 6.45) is 22.1. The molecule has 0 N–H and O–H groups in total. The van der Waals surface area contributed by atoms with Crippen molar-refractivity contribution in [3.05, 3.63) is 71.8 Å². The van der Waals surface area contributed by atoms with Crippen molar-refractivity contribution in [3.8, 4) is 0 Å². The lowest BCUT2D eigenvalue weighted by Crippen LogP contribution is -2.60. The highest BCUT2D eigenvalue weighted by atomic mass is 16.7. The van der Waals surface area contributed by atoms with Crippen molar-refractivity contribution in [2.45, 2.75) is 153 Å². The van der Waals surface area contributed by atoms with E-state index in [1.54, 1.807) is 0 Å². The van der Waals surface area contributed by atoms with Crippen LogP contribution in [0, 0.1) is 0 Å². The van der Waals surface area contributed by atoms with Gasteiger partial charge in [0.15, 0.2) is 0 Å². The average Bonchev–Trinajstić information content (AvgIpc) is 3.64. The minimum Gasteiger partial charge on any atom is -0.458 e. The molecule has 47 heavy (non-hydrogen) atoms. The minimum atomic E-state index is -1.74. The smallest absolute Gasteiger partial charge is 0.458 e. The lowest BCUT2D eigenvalue weighted by Gasteiger charge is -2.47. The van der Waals surface area contributed by atoms with Crippen LogP contribution >= 0.6 is 0 Å². The summed E-state index contributed by atoms with van der Waals surface area (Å²) in [7, 11) is 0. The summed E-state index contributed by atoms with van der Waals surface area (Å²) in [4.78, 5) is 27.8. The van der Waals surface area contributed by atoms with Crippen LogP contribution in [0.4, 0.5) is 4.79 Å². The molecule has 1 spiro atoms. The van der Waals surface area contributed by atoms with Gasteiger partial charge in [-0.2, -0.15) is 0 Å². The van der Waals surface area contributed by atoms with Crippen LogP contribution in [0.5, 0.6) is 0 Å². The van der Waals surface area contributed by atoms with Crippen molar-refractivity contribution in [2.75, 3.05) is 19.7 Å². The number of esters is 1. The van der Waals surface area contributed by atoms with Crippen molar-refractivity contribution in [2.24, 2.45) is 0 Å². The van der Waals surface area contributed by atoms with Gasteiger partial charge in [0, 0.05) is 49.7 Å². The van der Waals surface area contributed by atoms with E-state index in [9.17, 15) is 9.59 Å². The van der Waals surface area contributed by atoms with Crippen LogP contribution < -0.4 is 0 Å².